The predicted molar refractivity (Wildman–Crippen MR) is 80.6 cm³/mol. The second-order valence-electron chi connectivity index (χ2n) is 5.55. The smallest absolute Gasteiger partial charge is 0.127 e. The van der Waals surface area contributed by atoms with Gasteiger partial charge in [-0.05, 0) is 48.1 Å². The van der Waals surface area contributed by atoms with Crippen molar-refractivity contribution >= 4 is 11.6 Å². The van der Waals surface area contributed by atoms with Crippen LogP contribution in [0.25, 0.3) is 0 Å². The van der Waals surface area contributed by atoms with Crippen LogP contribution >= 0.6 is 11.6 Å². The second-order valence-corrected chi connectivity index (χ2v) is 5.99. The molecule has 1 aliphatic rings. The third kappa shape index (κ3) is 2.23. The Bertz CT molecular complexity index is 641. The molecule has 104 valence electrons. The molecule has 2 aromatic carbocycles. The van der Waals surface area contributed by atoms with E-state index in [-0.39, 0.29) is 11.2 Å². The average Bonchev–Trinajstić information content (AvgIpc) is 2.82. The number of nitrogens with two attached hydrogens (primary N) is 1. The monoisotopic (exact) mass is 289 g/mol. The molecular formula is C17H17ClFN. The van der Waals surface area contributed by atoms with Crippen LogP contribution < -0.4 is 5.73 Å². The van der Waals surface area contributed by atoms with E-state index in [0.717, 1.165) is 12.8 Å². The van der Waals surface area contributed by atoms with Crippen molar-refractivity contribution in [3.05, 3.63) is 70.0 Å². The number of hydrogen-bond acceptors (Lipinski definition) is 1. The molecule has 0 aliphatic heterocycles. The molecule has 1 unspecified atom stereocenters. The Morgan fingerprint density at radius 1 is 1.20 bits per heavy atom. The lowest BCUT2D eigenvalue weighted by molar-refractivity contribution is 0.423. The predicted octanol–water partition coefficient (Wildman–Crippen LogP) is 3.86. The van der Waals surface area contributed by atoms with Gasteiger partial charge in [0.25, 0.3) is 0 Å². The highest BCUT2D eigenvalue weighted by Gasteiger charge is 2.37. The molecule has 2 N–H and O–H groups in total. The Morgan fingerprint density at radius 3 is 2.75 bits per heavy atom. The molecule has 1 nitrogen and oxygen atoms in total. The summed E-state index contributed by atoms with van der Waals surface area (Å²) >= 11 is 5.82. The van der Waals surface area contributed by atoms with Gasteiger partial charge >= 0.3 is 0 Å². The van der Waals surface area contributed by atoms with Crippen molar-refractivity contribution < 1.29 is 4.39 Å². The highest BCUT2D eigenvalue weighted by molar-refractivity contribution is 6.30. The van der Waals surface area contributed by atoms with E-state index >= 15 is 0 Å². The first-order valence-electron chi connectivity index (χ1n) is 6.87. The van der Waals surface area contributed by atoms with Crippen molar-refractivity contribution in [3.63, 3.8) is 0 Å². The molecule has 3 rings (SSSR count). The van der Waals surface area contributed by atoms with Gasteiger partial charge in [0, 0.05) is 17.0 Å². The van der Waals surface area contributed by atoms with Crippen LogP contribution in [0.3, 0.4) is 0 Å². The fourth-order valence-corrected chi connectivity index (χ4v) is 3.42. The first-order valence-corrected chi connectivity index (χ1v) is 7.25. The lowest BCUT2D eigenvalue weighted by Gasteiger charge is -2.29. The molecule has 0 amide bonds. The lowest BCUT2D eigenvalue weighted by Crippen LogP contribution is -2.35. The van der Waals surface area contributed by atoms with Gasteiger partial charge in [0.15, 0.2) is 0 Å². The molecule has 0 bridgehead atoms. The summed E-state index contributed by atoms with van der Waals surface area (Å²) in [5.74, 6) is -0.241. The van der Waals surface area contributed by atoms with Gasteiger partial charge in [-0.3, -0.25) is 0 Å². The van der Waals surface area contributed by atoms with Gasteiger partial charge in [0.05, 0.1) is 0 Å². The van der Waals surface area contributed by atoms with Crippen LogP contribution in [0.1, 0.15) is 23.1 Å². The molecule has 0 heterocycles. The maximum absolute atomic E-state index is 14.1. The van der Waals surface area contributed by atoms with E-state index < -0.39 is 0 Å². The molecule has 3 heteroatoms. The summed E-state index contributed by atoms with van der Waals surface area (Å²) in [6, 6.07) is 13.2. The molecule has 2 aromatic rings. The zero-order valence-corrected chi connectivity index (χ0v) is 12.0. The molecule has 0 fully saturated rings. The Hall–Kier alpha value is -1.38. The van der Waals surface area contributed by atoms with E-state index in [9.17, 15) is 4.39 Å². The van der Waals surface area contributed by atoms with E-state index in [4.69, 9.17) is 17.3 Å². The van der Waals surface area contributed by atoms with Gasteiger partial charge in [-0.1, -0.05) is 41.9 Å². The first-order chi connectivity index (χ1) is 9.64. The van der Waals surface area contributed by atoms with Gasteiger partial charge in [-0.2, -0.15) is 0 Å². The summed E-state index contributed by atoms with van der Waals surface area (Å²) in [7, 11) is 0. The standard InChI is InChI=1S/C17H17ClFN/c18-14-6-5-13(16(19)9-14)10-17(11-20)8-7-12-3-1-2-4-15(12)17/h1-6,9H,7-8,10-11,20H2. The Labute approximate surface area is 123 Å². The highest BCUT2D eigenvalue weighted by Crippen LogP contribution is 2.41. The first kappa shape index (κ1) is 13.6. The second kappa shape index (κ2) is 5.19. The minimum absolute atomic E-state index is 0.148. The van der Waals surface area contributed by atoms with Gasteiger partial charge in [-0.25, -0.2) is 4.39 Å². The summed E-state index contributed by atoms with van der Waals surface area (Å²) < 4.78 is 14.1. The topological polar surface area (TPSA) is 26.0 Å². The number of hydrogen-bond donors (Lipinski definition) is 1. The molecule has 0 radical (unpaired) electrons. The van der Waals surface area contributed by atoms with Gasteiger partial charge < -0.3 is 5.73 Å². The van der Waals surface area contributed by atoms with Gasteiger partial charge in [0.1, 0.15) is 5.82 Å². The van der Waals surface area contributed by atoms with Crippen molar-refractivity contribution in [2.24, 2.45) is 5.73 Å². The van der Waals surface area contributed by atoms with Gasteiger partial charge in [-0.15, -0.1) is 0 Å². The van der Waals surface area contributed by atoms with E-state index in [1.807, 2.05) is 12.1 Å². The Kier molecular flexibility index (Phi) is 3.53. The van der Waals surface area contributed by atoms with Crippen LogP contribution in [0, 0.1) is 5.82 Å². The van der Waals surface area contributed by atoms with Crippen LogP contribution in [-0.2, 0) is 18.3 Å². The quantitative estimate of drug-likeness (QED) is 0.912. The number of benzene rings is 2. The molecule has 20 heavy (non-hydrogen) atoms. The number of rotatable bonds is 3. The lowest BCUT2D eigenvalue weighted by atomic mass is 9.76. The van der Waals surface area contributed by atoms with Crippen molar-refractivity contribution in [2.45, 2.75) is 24.7 Å². The summed E-state index contributed by atoms with van der Waals surface area (Å²) in [5.41, 5.74) is 9.22. The normalized spacial score (nSPS) is 20.9. The number of fused-ring (bicyclic) bond motifs is 1. The summed E-state index contributed by atoms with van der Waals surface area (Å²) in [6.07, 6.45) is 2.62. The zero-order valence-electron chi connectivity index (χ0n) is 11.2. The minimum atomic E-state index is -0.241. The molecule has 0 saturated heterocycles. The molecule has 1 atom stereocenters. The third-order valence-electron chi connectivity index (χ3n) is 4.40. The SMILES string of the molecule is NCC1(Cc2ccc(Cl)cc2F)CCc2ccccc21. The molecule has 0 spiro atoms. The van der Waals surface area contributed by atoms with Crippen LogP contribution in [0.2, 0.25) is 5.02 Å². The fraction of sp³-hybridized carbons (Fsp3) is 0.294. The largest absolute Gasteiger partial charge is 0.330 e. The number of halogens is 2. The van der Waals surface area contributed by atoms with Crippen LogP contribution in [-0.4, -0.2) is 6.54 Å². The minimum Gasteiger partial charge on any atom is -0.330 e. The van der Waals surface area contributed by atoms with Crippen molar-refractivity contribution in [2.75, 3.05) is 6.54 Å². The van der Waals surface area contributed by atoms with Crippen LogP contribution in [0.15, 0.2) is 42.5 Å². The van der Waals surface area contributed by atoms with Crippen LogP contribution in [0.5, 0.6) is 0 Å². The summed E-state index contributed by atoms with van der Waals surface area (Å²) in [6.45, 7) is 0.534. The summed E-state index contributed by atoms with van der Waals surface area (Å²) in [5, 5.41) is 0.430. The number of aryl methyl sites for hydroxylation is 1. The van der Waals surface area contributed by atoms with Crippen molar-refractivity contribution in [3.8, 4) is 0 Å². The maximum Gasteiger partial charge on any atom is 0.127 e. The van der Waals surface area contributed by atoms with Crippen molar-refractivity contribution in [1.29, 1.82) is 0 Å². The molecular weight excluding hydrogens is 273 g/mol. The van der Waals surface area contributed by atoms with E-state index in [1.165, 1.54) is 17.2 Å². The fourth-order valence-electron chi connectivity index (χ4n) is 3.26. The van der Waals surface area contributed by atoms with Gasteiger partial charge in [0.2, 0.25) is 0 Å². The van der Waals surface area contributed by atoms with Crippen molar-refractivity contribution in [1.82, 2.24) is 0 Å². The molecule has 1 aliphatic carbocycles. The Balaban J connectivity index is 1.99. The molecule has 0 aromatic heterocycles. The highest BCUT2D eigenvalue weighted by atomic mass is 35.5. The van der Waals surface area contributed by atoms with E-state index in [2.05, 4.69) is 12.1 Å². The Morgan fingerprint density at radius 2 is 2.00 bits per heavy atom. The third-order valence-corrected chi connectivity index (χ3v) is 4.63. The zero-order chi connectivity index (χ0) is 14.2. The summed E-state index contributed by atoms with van der Waals surface area (Å²) in [4.78, 5) is 0. The maximum atomic E-state index is 14.1. The van der Waals surface area contributed by atoms with E-state index in [0.29, 0.717) is 23.6 Å². The molecule has 0 saturated carbocycles. The van der Waals surface area contributed by atoms with Crippen LogP contribution in [0.4, 0.5) is 4.39 Å². The van der Waals surface area contributed by atoms with E-state index in [1.54, 1.807) is 12.1 Å². The average molecular weight is 290 g/mol.